The molecule has 1 fully saturated rings. The van der Waals surface area contributed by atoms with Crippen molar-refractivity contribution in [3.63, 3.8) is 0 Å². The zero-order chi connectivity index (χ0) is 13.4. The Morgan fingerprint density at radius 1 is 1.26 bits per heavy atom. The van der Waals surface area contributed by atoms with E-state index in [4.69, 9.17) is 0 Å². The van der Waals surface area contributed by atoms with E-state index in [1.807, 2.05) is 6.20 Å². The lowest BCUT2D eigenvalue weighted by molar-refractivity contribution is 0.0924. The van der Waals surface area contributed by atoms with Gasteiger partial charge in [-0.2, -0.15) is 0 Å². The number of nitrogens with one attached hydrogen (secondary N) is 1. The average Bonchev–Trinajstić information content (AvgIpc) is 3.06. The van der Waals surface area contributed by atoms with E-state index >= 15 is 0 Å². The van der Waals surface area contributed by atoms with Crippen LogP contribution in [0.5, 0.6) is 0 Å². The molecule has 2 heteroatoms. The number of H-pyrrole nitrogens is 1. The highest BCUT2D eigenvalue weighted by Crippen LogP contribution is 2.31. The quantitative estimate of drug-likeness (QED) is 0.795. The van der Waals surface area contributed by atoms with Crippen LogP contribution in [0.4, 0.5) is 0 Å². The highest BCUT2D eigenvalue weighted by Gasteiger charge is 2.25. The molecule has 1 saturated carbocycles. The molecular weight excluding hydrogens is 234 g/mol. The number of hydrogen-bond acceptors (Lipinski definition) is 1. The smallest absolute Gasteiger partial charge is 0.168 e. The summed E-state index contributed by atoms with van der Waals surface area (Å²) in [6, 6.07) is 6.42. The molecule has 100 valence electrons. The van der Waals surface area contributed by atoms with Crippen LogP contribution in [-0.2, 0) is 0 Å². The van der Waals surface area contributed by atoms with E-state index in [2.05, 4.69) is 37.0 Å². The van der Waals surface area contributed by atoms with E-state index in [0.29, 0.717) is 11.7 Å². The Bertz CT molecular complexity index is 603. The number of carbonyl (C=O) groups excluding carboxylic acids is 1. The second kappa shape index (κ2) is 4.84. The zero-order valence-corrected chi connectivity index (χ0v) is 11.7. The minimum absolute atomic E-state index is 0.252. The lowest BCUT2D eigenvalue weighted by Gasteiger charge is -2.08. The lowest BCUT2D eigenvalue weighted by Crippen LogP contribution is -2.10. The van der Waals surface area contributed by atoms with Crippen molar-refractivity contribution in [2.75, 3.05) is 0 Å². The molecule has 1 aromatic heterocycles. The summed E-state index contributed by atoms with van der Waals surface area (Å²) in [6.45, 7) is 4.37. The molecule has 2 nitrogen and oxygen atoms in total. The lowest BCUT2D eigenvalue weighted by atomic mass is 9.94. The molecule has 0 unspecified atom stereocenters. The molecule has 3 rings (SSSR count). The van der Waals surface area contributed by atoms with Crippen molar-refractivity contribution < 1.29 is 4.79 Å². The molecule has 1 N–H and O–H groups in total. The Hall–Kier alpha value is -1.57. The van der Waals surface area contributed by atoms with Gasteiger partial charge in [-0.05, 0) is 36.5 Å². The van der Waals surface area contributed by atoms with E-state index in [9.17, 15) is 4.79 Å². The van der Waals surface area contributed by atoms with Crippen molar-refractivity contribution in [3.05, 3.63) is 35.5 Å². The van der Waals surface area contributed by atoms with Crippen molar-refractivity contribution >= 4 is 16.7 Å². The summed E-state index contributed by atoms with van der Waals surface area (Å²) >= 11 is 0. The van der Waals surface area contributed by atoms with Gasteiger partial charge >= 0.3 is 0 Å². The third-order valence-corrected chi connectivity index (χ3v) is 4.36. The normalized spacial score (nSPS) is 16.6. The van der Waals surface area contributed by atoms with Gasteiger partial charge in [0.25, 0.3) is 0 Å². The van der Waals surface area contributed by atoms with Crippen LogP contribution in [0.1, 0.15) is 61.4 Å². The van der Waals surface area contributed by atoms with Crippen molar-refractivity contribution in [1.29, 1.82) is 0 Å². The Morgan fingerprint density at radius 2 is 2.00 bits per heavy atom. The van der Waals surface area contributed by atoms with Crippen molar-refractivity contribution in [2.45, 2.75) is 45.4 Å². The number of aromatic nitrogens is 1. The van der Waals surface area contributed by atoms with E-state index in [0.717, 1.165) is 29.3 Å². The van der Waals surface area contributed by atoms with Gasteiger partial charge in [0, 0.05) is 28.6 Å². The third-order valence-electron chi connectivity index (χ3n) is 4.36. The number of benzene rings is 1. The minimum Gasteiger partial charge on any atom is -0.360 e. The highest BCUT2D eigenvalue weighted by atomic mass is 16.1. The molecular formula is C17H21NO. The first-order valence-electron chi connectivity index (χ1n) is 7.32. The summed E-state index contributed by atoms with van der Waals surface area (Å²) in [4.78, 5) is 15.8. The van der Waals surface area contributed by atoms with Crippen LogP contribution in [0, 0.1) is 5.92 Å². The topological polar surface area (TPSA) is 32.9 Å². The van der Waals surface area contributed by atoms with Crippen LogP contribution in [0.15, 0.2) is 24.4 Å². The molecule has 1 aliphatic rings. The SMILES string of the molecule is CC(C)c1ccc2[nH]cc(C(=O)C3CCCC3)c2c1. The summed E-state index contributed by atoms with van der Waals surface area (Å²) in [5.41, 5.74) is 3.27. The third kappa shape index (κ3) is 2.20. The maximum Gasteiger partial charge on any atom is 0.168 e. The number of rotatable bonds is 3. The summed E-state index contributed by atoms with van der Waals surface area (Å²) in [5, 5.41) is 1.10. The predicted octanol–water partition coefficient (Wildman–Crippen LogP) is 4.66. The van der Waals surface area contributed by atoms with E-state index in [1.54, 1.807) is 0 Å². The Balaban J connectivity index is 2.03. The molecule has 19 heavy (non-hydrogen) atoms. The molecule has 1 aromatic carbocycles. The number of fused-ring (bicyclic) bond motifs is 1. The largest absolute Gasteiger partial charge is 0.360 e. The summed E-state index contributed by atoms with van der Waals surface area (Å²) in [6.07, 6.45) is 6.44. The molecule has 0 amide bonds. The van der Waals surface area contributed by atoms with E-state index < -0.39 is 0 Å². The number of hydrogen-bond donors (Lipinski definition) is 1. The summed E-state index contributed by atoms with van der Waals surface area (Å²) in [7, 11) is 0. The first-order chi connectivity index (χ1) is 9.16. The second-order valence-electron chi connectivity index (χ2n) is 6.01. The van der Waals surface area contributed by atoms with Crippen LogP contribution in [0.25, 0.3) is 10.9 Å². The van der Waals surface area contributed by atoms with Crippen LogP contribution >= 0.6 is 0 Å². The average molecular weight is 255 g/mol. The van der Waals surface area contributed by atoms with Gasteiger partial charge in [0.2, 0.25) is 0 Å². The van der Waals surface area contributed by atoms with Gasteiger partial charge in [-0.3, -0.25) is 4.79 Å². The summed E-state index contributed by atoms with van der Waals surface area (Å²) in [5.74, 6) is 1.08. The molecule has 0 aliphatic heterocycles. The first kappa shape index (κ1) is 12.5. The first-order valence-corrected chi connectivity index (χ1v) is 7.32. The van der Waals surface area contributed by atoms with Crippen LogP contribution < -0.4 is 0 Å². The number of aromatic amines is 1. The fourth-order valence-electron chi connectivity index (χ4n) is 3.11. The van der Waals surface area contributed by atoms with Crippen LogP contribution in [0.3, 0.4) is 0 Å². The standard InChI is InChI=1S/C17H21NO/c1-11(2)13-7-8-16-14(9-13)15(10-18-16)17(19)12-5-3-4-6-12/h7-12,18H,3-6H2,1-2H3. The Kier molecular flexibility index (Phi) is 3.17. The number of Topliss-reactive ketones (excluding diaryl/α,β-unsaturated/α-hetero) is 1. The molecule has 1 heterocycles. The van der Waals surface area contributed by atoms with Gasteiger partial charge in [0.15, 0.2) is 5.78 Å². The molecule has 0 atom stereocenters. The second-order valence-corrected chi connectivity index (χ2v) is 6.01. The van der Waals surface area contributed by atoms with Gasteiger partial charge in [0.05, 0.1) is 0 Å². The maximum atomic E-state index is 12.6. The van der Waals surface area contributed by atoms with E-state index in [-0.39, 0.29) is 5.92 Å². The maximum absolute atomic E-state index is 12.6. The minimum atomic E-state index is 0.252. The fraction of sp³-hybridized carbons (Fsp3) is 0.471. The van der Waals surface area contributed by atoms with Gasteiger partial charge in [-0.15, -0.1) is 0 Å². The zero-order valence-electron chi connectivity index (χ0n) is 11.7. The molecule has 0 bridgehead atoms. The van der Waals surface area contributed by atoms with Crippen molar-refractivity contribution in [2.24, 2.45) is 5.92 Å². The van der Waals surface area contributed by atoms with Gasteiger partial charge in [-0.25, -0.2) is 0 Å². The summed E-state index contributed by atoms with van der Waals surface area (Å²) < 4.78 is 0. The Labute approximate surface area is 114 Å². The van der Waals surface area contributed by atoms with Gasteiger partial charge < -0.3 is 4.98 Å². The highest BCUT2D eigenvalue weighted by molar-refractivity contribution is 6.09. The molecule has 2 aromatic rings. The van der Waals surface area contributed by atoms with Crippen molar-refractivity contribution in [1.82, 2.24) is 4.98 Å². The fourth-order valence-corrected chi connectivity index (χ4v) is 3.11. The number of ketones is 1. The Morgan fingerprint density at radius 3 is 2.68 bits per heavy atom. The van der Waals surface area contributed by atoms with Crippen LogP contribution in [0.2, 0.25) is 0 Å². The van der Waals surface area contributed by atoms with Crippen LogP contribution in [-0.4, -0.2) is 10.8 Å². The number of carbonyl (C=O) groups is 1. The monoisotopic (exact) mass is 255 g/mol. The molecule has 1 aliphatic carbocycles. The van der Waals surface area contributed by atoms with Gasteiger partial charge in [0.1, 0.15) is 0 Å². The van der Waals surface area contributed by atoms with Crippen molar-refractivity contribution in [3.8, 4) is 0 Å². The molecule has 0 spiro atoms. The predicted molar refractivity (Wildman–Crippen MR) is 78.7 cm³/mol. The molecule has 0 saturated heterocycles. The van der Waals surface area contributed by atoms with Gasteiger partial charge in [-0.1, -0.05) is 32.8 Å². The molecule has 0 radical (unpaired) electrons. The van der Waals surface area contributed by atoms with E-state index in [1.165, 1.54) is 18.4 Å².